The highest BCUT2D eigenvalue weighted by Gasteiger charge is 2.34. The lowest BCUT2D eigenvalue weighted by atomic mass is 10.1. The summed E-state index contributed by atoms with van der Waals surface area (Å²) in [7, 11) is 4.98. The van der Waals surface area contributed by atoms with Crippen LogP contribution in [0.25, 0.3) is 0 Å². The molecular formula is C19H18BNO6. The van der Waals surface area contributed by atoms with Gasteiger partial charge in [0, 0.05) is 6.21 Å². The van der Waals surface area contributed by atoms with E-state index in [1.54, 1.807) is 36.4 Å². The molecule has 0 saturated heterocycles. The van der Waals surface area contributed by atoms with Crippen molar-refractivity contribution < 1.29 is 28.8 Å². The quantitative estimate of drug-likeness (QED) is 0.396. The van der Waals surface area contributed by atoms with Crippen molar-refractivity contribution in [2.75, 3.05) is 6.61 Å². The van der Waals surface area contributed by atoms with E-state index in [1.165, 1.54) is 24.3 Å². The molecule has 0 fully saturated rings. The minimum absolute atomic E-state index is 0.237. The van der Waals surface area contributed by atoms with Crippen molar-refractivity contribution in [2.24, 2.45) is 0 Å². The maximum Gasteiger partial charge on any atom is 0.338 e. The number of carbonyl (C=O) groups excluding carboxylic acids is 2. The highest BCUT2D eigenvalue weighted by molar-refractivity contribution is 5.98. The van der Waals surface area contributed by atoms with Crippen LogP contribution < -0.4 is 0 Å². The van der Waals surface area contributed by atoms with E-state index in [0.29, 0.717) is 0 Å². The molecule has 7 nitrogen and oxygen atoms in total. The van der Waals surface area contributed by atoms with Gasteiger partial charge in [-0.25, -0.2) is 9.59 Å². The van der Waals surface area contributed by atoms with Crippen molar-refractivity contribution >= 4 is 26.2 Å². The number of aliphatic hydroxyl groups is 1. The molecule has 0 spiro atoms. The Balaban J connectivity index is 2.18. The van der Waals surface area contributed by atoms with Crippen molar-refractivity contribution in [3.8, 4) is 0 Å². The Labute approximate surface area is 157 Å². The van der Waals surface area contributed by atoms with Gasteiger partial charge in [0.1, 0.15) is 6.10 Å². The predicted octanol–water partition coefficient (Wildman–Crippen LogP) is 1.55. The van der Waals surface area contributed by atoms with Crippen molar-refractivity contribution in [2.45, 2.75) is 18.3 Å². The van der Waals surface area contributed by atoms with E-state index < -0.39 is 30.3 Å². The summed E-state index contributed by atoms with van der Waals surface area (Å²) >= 11 is 0. The SMILES string of the molecule is [B]OC[C@@H](O)[C@@H](OC(=O)c1ccccc1)[C@H](C=N)OC(=O)c1ccccc1. The van der Waals surface area contributed by atoms with Crippen LogP contribution in [0.1, 0.15) is 20.7 Å². The topological polar surface area (TPSA) is 106 Å². The average molecular weight is 367 g/mol. The third kappa shape index (κ3) is 5.77. The molecule has 3 atom stereocenters. The Morgan fingerprint density at radius 2 is 1.44 bits per heavy atom. The number of hydrogen-bond donors (Lipinski definition) is 2. The fourth-order valence-electron chi connectivity index (χ4n) is 2.29. The first-order valence-electron chi connectivity index (χ1n) is 8.09. The largest absolute Gasteiger partial charge is 0.452 e. The fourth-order valence-corrected chi connectivity index (χ4v) is 2.29. The van der Waals surface area contributed by atoms with Gasteiger partial charge in [0.2, 0.25) is 0 Å². The summed E-state index contributed by atoms with van der Waals surface area (Å²) in [5.41, 5.74) is 0.489. The summed E-state index contributed by atoms with van der Waals surface area (Å²) in [4.78, 5) is 24.6. The molecule has 0 bridgehead atoms. The predicted molar refractivity (Wildman–Crippen MR) is 97.8 cm³/mol. The molecule has 0 aromatic heterocycles. The van der Waals surface area contributed by atoms with Gasteiger partial charge in [-0.1, -0.05) is 36.4 Å². The average Bonchev–Trinajstić information content (AvgIpc) is 2.71. The van der Waals surface area contributed by atoms with Gasteiger partial charge in [-0.15, -0.1) is 0 Å². The van der Waals surface area contributed by atoms with E-state index in [2.05, 4.69) is 4.65 Å². The molecule has 2 aromatic rings. The van der Waals surface area contributed by atoms with Gasteiger partial charge in [0.25, 0.3) is 8.05 Å². The van der Waals surface area contributed by atoms with Gasteiger partial charge in [0.15, 0.2) is 12.2 Å². The lowest BCUT2D eigenvalue weighted by molar-refractivity contribution is -0.0716. The highest BCUT2D eigenvalue weighted by atomic mass is 16.6. The van der Waals surface area contributed by atoms with Gasteiger partial charge in [-0.3, -0.25) is 0 Å². The van der Waals surface area contributed by atoms with Crippen LogP contribution in [0.3, 0.4) is 0 Å². The van der Waals surface area contributed by atoms with Gasteiger partial charge in [0.05, 0.1) is 17.7 Å². The monoisotopic (exact) mass is 367 g/mol. The van der Waals surface area contributed by atoms with Crippen LogP contribution >= 0.6 is 0 Å². The van der Waals surface area contributed by atoms with E-state index in [9.17, 15) is 14.7 Å². The summed E-state index contributed by atoms with van der Waals surface area (Å²) in [5, 5.41) is 17.8. The molecule has 2 rings (SSSR count). The number of rotatable bonds is 9. The summed E-state index contributed by atoms with van der Waals surface area (Å²) in [6.07, 6.45) is -3.37. The van der Waals surface area contributed by atoms with Crippen LogP contribution in [0, 0.1) is 5.41 Å². The van der Waals surface area contributed by atoms with Crippen LogP contribution in [0.2, 0.25) is 0 Å². The van der Waals surface area contributed by atoms with E-state index in [-0.39, 0.29) is 17.7 Å². The zero-order valence-corrected chi connectivity index (χ0v) is 14.4. The molecule has 0 aliphatic carbocycles. The molecule has 0 saturated carbocycles. The third-order valence-electron chi connectivity index (χ3n) is 3.64. The zero-order valence-electron chi connectivity index (χ0n) is 14.4. The Kier molecular flexibility index (Phi) is 7.72. The molecule has 0 unspecified atom stereocenters. The highest BCUT2D eigenvalue weighted by Crippen LogP contribution is 2.14. The number of carbonyl (C=O) groups is 2. The first kappa shape index (κ1) is 20.3. The normalized spacial score (nSPS) is 13.8. The number of hydrogen-bond acceptors (Lipinski definition) is 7. The van der Waals surface area contributed by atoms with E-state index in [0.717, 1.165) is 6.21 Å². The minimum atomic E-state index is -1.42. The summed E-state index contributed by atoms with van der Waals surface area (Å²) in [5.74, 6) is -1.48. The van der Waals surface area contributed by atoms with E-state index in [4.69, 9.17) is 22.9 Å². The Bertz CT molecular complexity index is 755. The second-order valence-electron chi connectivity index (χ2n) is 5.54. The summed E-state index contributed by atoms with van der Waals surface area (Å²) in [6, 6.07) is 16.2. The molecule has 138 valence electrons. The first-order chi connectivity index (χ1) is 13.1. The molecule has 0 amide bonds. The molecule has 0 aliphatic heterocycles. The standard InChI is InChI=1S/C19H18BNO6/c20-25-12-15(22)17(27-19(24)14-9-5-2-6-10-14)16(11-21)26-18(23)13-7-3-1-4-8-13/h1-11,15-17,21-22H,12H2/t15-,16+,17-/m1/s1. The van der Waals surface area contributed by atoms with Crippen LogP contribution in [-0.2, 0) is 14.1 Å². The zero-order chi connectivity index (χ0) is 19.6. The maximum atomic E-state index is 12.3. The van der Waals surface area contributed by atoms with Crippen molar-refractivity contribution in [3.63, 3.8) is 0 Å². The number of ether oxygens (including phenoxy) is 2. The molecular weight excluding hydrogens is 349 g/mol. The second-order valence-corrected chi connectivity index (χ2v) is 5.54. The van der Waals surface area contributed by atoms with Crippen molar-refractivity contribution in [1.29, 1.82) is 5.41 Å². The number of benzene rings is 2. The molecule has 2 radical (unpaired) electrons. The molecule has 27 heavy (non-hydrogen) atoms. The number of nitrogens with one attached hydrogen (secondary N) is 1. The second kappa shape index (κ2) is 10.2. The molecule has 0 heterocycles. The van der Waals surface area contributed by atoms with Gasteiger partial charge >= 0.3 is 11.9 Å². The van der Waals surface area contributed by atoms with Crippen LogP contribution in [0.15, 0.2) is 60.7 Å². The van der Waals surface area contributed by atoms with E-state index >= 15 is 0 Å². The van der Waals surface area contributed by atoms with Crippen LogP contribution in [0.5, 0.6) is 0 Å². The van der Waals surface area contributed by atoms with E-state index in [1.807, 2.05) is 0 Å². The fraction of sp³-hybridized carbons (Fsp3) is 0.211. The Hall–Kier alpha value is -2.97. The van der Waals surface area contributed by atoms with Gasteiger partial charge in [-0.05, 0) is 24.3 Å². The summed E-state index contributed by atoms with van der Waals surface area (Å²) in [6.45, 7) is -0.389. The minimum Gasteiger partial charge on any atom is -0.452 e. The lowest BCUT2D eigenvalue weighted by Crippen LogP contribution is -2.46. The van der Waals surface area contributed by atoms with Crippen molar-refractivity contribution in [1.82, 2.24) is 0 Å². The molecule has 2 N–H and O–H groups in total. The van der Waals surface area contributed by atoms with Crippen LogP contribution in [0.4, 0.5) is 0 Å². The van der Waals surface area contributed by atoms with Crippen molar-refractivity contribution in [3.05, 3.63) is 71.8 Å². The number of esters is 2. The smallest absolute Gasteiger partial charge is 0.338 e. The maximum absolute atomic E-state index is 12.3. The number of aliphatic hydroxyl groups excluding tert-OH is 1. The third-order valence-corrected chi connectivity index (χ3v) is 3.64. The first-order valence-corrected chi connectivity index (χ1v) is 8.09. The molecule has 0 aliphatic rings. The molecule has 8 heteroatoms. The van der Waals surface area contributed by atoms with Gasteiger partial charge < -0.3 is 24.6 Å². The van der Waals surface area contributed by atoms with Crippen LogP contribution in [-0.4, -0.2) is 56.2 Å². The summed E-state index contributed by atoms with van der Waals surface area (Å²) < 4.78 is 14.9. The Morgan fingerprint density at radius 1 is 0.963 bits per heavy atom. The lowest BCUT2D eigenvalue weighted by Gasteiger charge is -2.28. The molecule has 2 aromatic carbocycles. The Morgan fingerprint density at radius 3 is 1.89 bits per heavy atom. The van der Waals surface area contributed by atoms with Gasteiger partial charge in [-0.2, -0.15) is 0 Å².